The average Bonchev–Trinajstić information content (AvgIpc) is 2.45. The zero-order valence-electron chi connectivity index (χ0n) is 6.45. The van der Waals surface area contributed by atoms with Gasteiger partial charge in [-0.1, -0.05) is 0 Å². The highest BCUT2D eigenvalue weighted by Gasteiger charge is 2.42. The zero-order chi connectivity index (χ0) is 7.84. The van der Waals surface area contributed by atoms with Gasteiger partial charge in [0.1, 0.15) is 5.78 Å². The summed E-state index contributed by atoms with van der Waals surface area (Å²) in [6.45, 7) is 0.749. The summed E-state index contributed by atoms with van der Waals surface area (Å²) in [5.41, 5.74) is 5.60. The second-order valence-corrected chi connectivity index (χ2v) is 4.75. The molecule has 11 heavy (non-hydrogen) atoms. The first kappa shape index (κ1) is 7.62. The van der Waals surface area contributed by atoms with Gasteiger partial charge in [-0.15, -0.1) is 0 Å². The Labute approximate surface area is 70.9 Å². The van der Waals surface area contributed by atoms with Crippen molar-refractivity contribution in [2.24, 2.45) is 17.6 Å². The molecule has 2 nitrogen and oxygen atoms in total. The lowest BCUT2D eigenvalue weighted by Gasteiger charge is -2.13. The van der Waals surface area contributed by atoms with E-state index in [2.05, 4.69) is 0 Å². The van der Waals surface area contributed by atoms with Gasteiger partial charge < -0.3 is 5.73 Å². The number of hydrogen-bond acceptors (Lipinski definition) is 3. The number of carbonyl (C=O) groups is 1. The summed E-state index contributed by atoms with van der Waals surface area (Å²) in [5, 5.41) is 0.575. The van der Waals surface area contributed by atoms with Crippen LogP contribution in [0, 0.1) is 11.8 Å². The summed E-state index contributed by atoms with van der Waals surface area (Å²) in [7, 11) is 0. The molecule has 62 valence electrons. The van der Waals surface area contributed by atoms with E-state index in [0.29, 0.717) is 22.9 Å². The van der Waals surface area contributed by atoms with Crippen molar-refractivity contribution in [1.29, 1.82) is 0 Å². The van der Waals surface area contributed by atoms with Gasteiger partial charge in [-0.25, -0.2) is 0 Å². The van der Waals surface area contributed by atoms with Crippen LogP contribution < -0.4 is 5.73 Å². The lowest BCUT2D eigenvalue weighted by Crippen LogP contribution is -2.23. The number of fused-ring (bicyclic) bond motifs is 1. The summed E-state index contributed by atoms with van der Waals surface area (Å²) < 4.78 is 0. The molecule has 0 aromatic heterocycles. The highest BCUT2D eigenvalue weighted by Crippen LogP contribution is 2.44. The largest absolute Gasteiger partial charge is 0.329 e. The Bertz CT molecular complexity index is 183. The second-order valence-electron chi connectivity index (χ2n) is 3.48. The summed E-state index contributed by atoms with van der Waals surface area (Å²) in [6, 6.07) is 0. The fraction of sp³-hybridized carbons (Fsp3) is 0.875. The SMILES string of the molecule is NCC1SC[C@H]2CC(=O)C[C@@H]12. The Morgan fingerprint density at radius 3 is 3.09 bits per heavy atom. The summed E-state index contributed by atoms with van der Waals surface area (Å²) in [4.78, 5) is 11.1. The molecule has 3 atom stereocenters. The van der Waals surface area contributed by atoms with Crippen LogP contribution in [-0.2, 0) is 4.79 Å². The molecule has 1 unspecified atom stereocenters. The fourth-order valence-corrected chi connectivity index (χ4v) is 3.75. The number of ketones is 1. The molecule has 3 heteroatoms. The molecule has 2 rings (SSSR count). The van der Waals surface area contributed by atoms with E-state index in [1.54, 1.807) is 0 Å². The van der Waals surface area contributed by atoms with E-state index in [1.807, 2.05) is 11.8 Å². The lowest BCUT2D eigenvalue weighted by atomic mass is 9.95. The topological polar surface area (TPSA) is 43.1 Å². The molecule has 1 saturated carbocycles. The second kappa shape index (κ2) is 2.79. The summed E-state index contributed by atoms with van der Waals surface area (Å²) >= 11 is 1.96. The van der Waals surface area contributed by atoms with Crippen LogP contribution in [0.5, 0.6) is 0 Å². The first-order valence-electron chi connectivity index (χ1n) is 4.14. The fourth-order valence-electron chi connectivity index (χ4n) is 2.19. The van der Waals surface area contributed by atoms with Crippen molar-refractivity contribution in [3.63, 3.8) is 0 Å². The van der Waals surface area contributed by atoms with Gasteiger partial charge in [0.05, 0.1) is 0 Å². The molecule has 0 amide bonds. The molecule has 1 saturated heterocycles. The minimum Gasteiger partial charge on any atom is -0.329 e. The van der Waals surface area contributed by atoms with Crippen molar-refractivity contribution in [2.75, 3.05) is 12.3 Å². The smallest absolute Gasteiger partial charge is 0.133 e. The van der Waals surface area contributed by atoms with Crippen LogP contribution in [0.3, 0.4) is 0 Å². The van der Waals surface area contributed by atoms with Crippen LogP contribution in [-0.4, -0.2) is 23.3 Å². The van der Waals surface area contributed by atoms with Crippen molar-refractivity contribution in [3.05, 3.63) is 0 Å². The number of hydrogen-bond donors (Lipinski definition) is 1. The Morgan fingerprint density at radius 2 is 2.36 bits per heavy atom. The Kier molecular flexibility index (Phi) is 1.93. The molecular formula is C8H13NOS. The van der Waals surface area contributed by atoms with Crippen LogP contribution >= 0.6 is 11.8 Å². The maximum atomic E-state index is 11.1. The van der Waals surface area contributed by atoms with Gasteiger partial charge >= 0.3 is 0 Å². The molecule has 0 spiro atoms. The maximum Gasteiger partial charge on any atom is 0.133 e. The van der Waals surface area contributed by atoms with Crippen molar-refractivity contribution in [3.8, 4) is 0 Å². The van der Waals surface area contributed by atoms with E-state index in [-0.39, 0.29) is 0 Å². The molecule has 2 aliphatic rings. The molecule has 0 radical (unpaired) electrons. The van der Waals surface area contributed by atoms with Crippen LogP contribution in [0.1, 0.15) is 12.8 Å². The maximum absolute atomic E-state index is 11.1. The third-order valence-corrected chi connectivity index (χ3v) is 4.38. The van der Waals surface area contributed by atoms with Gasteiger partial charge in [0.2, 0.25) is 0 Å². The number of rotatable bonds is 1. The van der Waals surface area contributed by atoms with E-state index >= 15 is 0 Å². The molecule has 2 fully saturated rings. The Hall–Kier alpha value is -0.0200. The molecular weight excluding hydrogens is 158 g/mol. The summed E-state index contributed by atoms with van der Waals surface area (Å²) in [5.74, 6) is 2.91. The van der Waals surface area contributed by atoms with E-state index in [0.717, 1.165) is 25.1 Å². The van der Waals surface area contributed by atoms with Crippen molar-refractivity contribution in [1.82, 2.24) is 0 Å². The van der Waals surface area contributed by atoms with Crippen LogP contribution in [0.15, 0.2) is 0 Å². The van der Waals surface area contributed by atoms with Crippen molar-refractivity contribution in [2.45, 2.75) is 18.1 Å². The normalized spacial score (nSPS) is 43.0. The van der Waals surface area contributed by atoms with Crippen LogP contribution in [0.4, 0.5) is 0 Å². The van der Waals surface area contributed by atoms with Crippen LogP contribution in [0.2, 0.25) is 0 Å². The third-order valence-electron chi connectivity index (χ3n) is 2.79. The molecule has 0 bridgehead atoms. The van der Waals surface area contributed by atoms with E-state index in [9.17, 15) is 4.79 Å². The zero-order valence-corrected chi connectivity index (χ0v) is 7.27. The number of Topliss-reactive ketones (excluding diaryl/α,β-unsaturated/α-hetero) is 1. The third kappa shape index (κ3) is 1.20. The standard InChI is InChI=1S/C8H13NOS/c9-3-8-7-2-6(10)1-5(7)4-11-8/h5,7-8H,1-4,9H2/t5-,7-,8?/m1/s1. The molecule has 1 aliphatic carbocycles. The molecule has 0 aromatic carbocycles. The van der Waals surface area contributed by atoms with Gasteiger partial charge in [0.25, 0.3) is 0 Å². The van der Waals surface area contributed by atoms with Gasteiger partial charge in [-0.3, -0.25) is 4.79 Å². The van der Waals surface area contributed by atoms with Gasteiger partial charge in [-0.2, -0.15) is 11.8 Å². The predicted molar refractivity (Wildman–Crippen MR) is 46.5 cm³/mol. The number of carbonyl (C=O) groups excluding carboxylic acids is 1. The highest BCUT2D eigenvalue weighted by atomic mass is 32.2. The monoisotopic (exact) mass is 171 g/mol. The molecule has 2 N–H and O–H groups in total. The minimum atomic E-state index is 0.457. The average molecular weight is 171 g/mol. The lowest BCUT2D eigenvalue weighted by molar-refractivity contribution is -0.117. The first-order valence-corrected chi connectivity index (χ1v) is 5.19. The van der Waals surface area contributed by atoms with Crippen molar-refractivity contribution < 1.29 is 4.79 Å². The van der Waals surface area contributed by atoms with E-state index < -0.39 is 0 Å². The van der Waals surface area contributed by atoms with Gasteiger partial charge in [-0.05, 0) is 17.6 Å². The van der Waals surface area contributed by atoms with Gasteiger partial charge in [0.15, 0.2) is 0 Å². The van der Waals surface area contributed by atoms with E-state index in [1.165, 1.54) is 0 Å². The predicted octanol–water partition coefficient (Wildman–Crippen LogP) is 0.656. The number of thioether (sulfide) groups is 1. The highest BCUT2D eigenvalue weighted by molar-refractivity contribution is 8.00. The van der Waals surface area contributed by atoms with Crippen LogP contribution in [0.25, 0.3) is 0 Å². The summed E-state index contributed by atoms with van der Waals surface area (Å²) in [6.07, 6.45) is 1.63. The Morgan fingerprint density at radius 1 is 1.55 bits per heavy atom. The first-order chi connectivity index (χ1) is 5.31. The Balaban J connectivity index is 2.07. The minimum absolute atomic E-state index is 0.457. The molecule has 0 aromatic rings. The molecule has 1 aliphatic heterocycles. The van der Waals surface area contributed by atoms with Crippen molar-refractivity contribution >= 4 is 17.5 Å². The quantitative estimate of drug-likeness (QED) is 0.630. The molecule has 1 heterocycles. The van der Waals surface area contributed by atoms with E-state index in [4.69, 9.17) is 5.73 Å². The number of nitrogens with two attached hydrogens (primary N) is 1. The van der Waals surface area contributed by atoms with Gasteiger partial charge in [0, 0.05) is 24.6 Å².